The van der Waals surface area contributed by atoms with Gasteiger partial charge in [0.05, 0.1) is 6.04 Å². The summed E-state index contributed by atoms with van der Waals surface area (Å²) >= 11 is 0. The largest absolute Gasteiger partial charge is 0.342 e. The summed E-state index contributed by atoms with van der Waals surface area (Å²) in [4.78, 5) is 28.5. The highest BCUT2D eigenvalue weighted by molar-refractivity contribution is 5.78. The highest BCUT2D eigenvalue weighted by Crippen LogP contribution is 2.27. The summed E-state index contributed by atoms with van der Waals surface area (Å²) in [5.41, 5.74) is 0.960. The van der Waals surface area contributed by atoms with Crippen molar-refractivity contribution >= 4 is 11.8 Å². The predicted octanol–water partition coefficient (Wildman–Crippen LogP) is 4.02. The number of likely N-dealkylation sites (tertiary alicyclic amines) is 1. The summed E-state index contributed by atoms with van der Waals surface area (Å²) in [6.45, 7) is 7.37. The Morgan fingerprint density at radius 2 is 1.77 bits per heavy atom. The van der Waals surface area contributed by atoms with Crippen molar-refractivity contribution in [1.29, 1.82) is 0 Å². The molecular weight excluding hydrogens is 331 g/mol. The number of carbonyl (C=O) groups is 2. The maximum Gasteiger partial charge on any atom is 0.225 e. The van der Waals surface area contributed by atoms with Gasteiger partial charge in [0.25, 0.3) is 0 Å². The molecule has 1 aromatic carbocycles. The SMILES string of the molecule is CC[C@H](c1ccc(F)cc1)N(C)C(=O)CC1CCN(C(=O)C(C)C)CC1. The number of halogens is 1. The van der Waals surface area contributed by atoms with Gasteiger partial charge in [-0.05, 0) is 42.9 Å². The molecule has 0 aliphatic carbocycles. The van der Waals surface area contributed by atoms with Crippen LogP contribution in [0.5, 0.6) is 0 Å². The van der Waals surface area contributed by atoms with Crippen LogP contribution in [0.1, 0.15) is 58.1 Å². The second kappa shape index (κ2) is 9.15. The second-order valence-corrected chi connectivity index (χ2v) is 7.61. The van der Waals surface area contributed by atoms with Gasteiger partial charge < -0.3 is 9.80 Å². The van der Waals surface area contributed by atoms with Crippen LogP contribution in [-0.2, 0) is 9.59 Å². The second-order valence-electron chi connectivity index (χ2n) is 7.61. The molecule has 0 unspecified atom stereocenters. The standard InChI is InChI=1S/C21H31FN2O2/c1-5-19(17-6-8-18(22)9-7-17)23(4)20(25)14-16-10-12-24(13-11-16)21(26)15(2)3/h6-9,15-16,19H,5,10-14H2,1-4H3/t19-/m1/s1. The molecule has 0 N–H and O–H groups in total. The molecule has 0 aromatic heterocycles. The van der Waals surface area contributed by atoms with Crippen molar-refractivity contribution < 1.29 is 14.0 Å². The van der Waals surface area contributed by atoms with Crippen molar-refractivity contribution in [3.63, 3.8) is 0 Å². The molecule has 26 heavy (non-hydrogen) atoms. The average molecular weight is 362 g/mol. The number of hydrogen-bond donors (Lipinski definition) is 0. The Bertz CT molecular complexity index is 607. The Hall–Kier alpha value is -1.91. The van der Waals surface area contributed by atoms with E-state index >= 15 is 0 Å². The van der Waals surface area contributed by atoms with Crippen LogP contribution in [0.25, 0.3) is 0 Å². The first kappa shape index (κ1) is 20.4. The minimum Gasteiger partial charge on any atom is -0.342 e. The molecule has 0 spiro atoms. The Morgan fingerprint density at radius 3 is 2.27 bits per heavy atom. The maximum absolute atomic E-state index is 13.2. The smallest absolute Gasteiger partial charge is 0.225 e. The van der Waals surface area contributed by atoms with E-state index in [2.05, 4.69) is 0 Å². The number of hydrogen-bond acceptors (Lipinski definition) is 2. The van der Waals surface area contributed by atoms with E-state index in [4.69, 9.17) is 0 Å². The van der Waals surface area contributed by atoms with E-state index < -0.39 is 0 Å². The van der Waals surface area contributed by atoms with Crippen molar-refractivity contribution in [2.45, 2.75) is 52.5 Å². The molecule has 0 saturated carbocycles. The molecule has 0 bridgehead atoms. The molecule has 5 heteroatoms. The van der Waals surface area contributed by atoms with E-state index in [9.17, 15) is 14.0 Å². The number of benzene rings is 1. The molecular formula is C21H31FN2O2. The molecule has 1 saturated heterocycles. The molecule has 2 rings (SSSR count). The quantitative estimate of drug-likeness (QED) is 0.767. The number of rotatable bonds is 6. The normalized spacial score (nSPS) is 16.6. The Labute approximate surface area is 156 Å². The topological polar surface area (TPSA) is 40.6 Å². The van der Waals surface area contributed by atoms with Gasteiger partial charge in [-0.2, -0.15) is 0 Å². The van der Waals surface area contributed by atoms with Crippen LogP contribution in [0.15, 0.2) is 24.3 Å². The zero-order chi connectivity index (χ0) is 19.3. The van der Waals surface area contributed by atoms with Crippen LogP contribution in [0.3, 0.4) is 0 Å². The van der Waals surface area contributed by atoms with E-state index in [0.29, 0.717) is 12.3 Å². The molecule has 1 heterocycles. The molecule has 144 valence electrons. The highest BCUT2D eigenvalue weighted by atomic mass is 19.1. The number of carbonyl (C=O) groups excluding carboxylic acids is 2. The summed E-state index contributed by atoms with van der Waals surface area (Å²) in [6, 6.07) is 6.35. The minimum atomic E-state index is -0.264. The molecule has 1 aliphatic heterocycles. The third kappa shape index (κ3) is 5.05. The summed E-state index contributed by atoms with van der Waals surface area (Å²) in [5, 5.41) is 0. The zero-order valence-electron chi connectivity index (χ0n) is 16.4. The summed E-state index contributed by atoms with van der Waals surface area (Å²) in [7, 11) is 1.83. The van der Waals surface area contributed by atoms with Gasteiger partial charge in [0, 0.05) is 32.5 Å². The molecule has 1 atom stereocenters. The molecule has 1 fully saturated rings. The molecule has 0 radical (unpaired) electrons. The zero-order valence-corrected chi connectivity index (χ0v) is 16.4. The molecule has 2 amide bonds. The summed E-state index contributed by atoms with van der Waals surface area (Å²) in [5.74, 6) is 0.413. The lowest BCUT2D eigenvalue weighted by Gasteiger charge is -2.34. The predicted molar refractivity (Wildman–Crippen MR) is 101 cm³/mol. The van der Waals surface area contributed by atoms with Crippen molar-refractivity contribution in [1.82, 2.24) is 9.80 Å². The van der Waals surface area contributed by atoms with Crippen molar-refractivity contribution in [3.05, 3.63) is 35.6 Å². The highest BCUT2D eigenvalue weighted by Gasteiger charge is 2.28. The van der Waals surface area contributed by atoms with Crippen molar-refractivity contribution in [2.24, 2.45) is 11.8 Å². The first-order chi connectivity index (χ1) is 12.3. The van der Waals surface area contributed by atoms with Gasteiger partial charge >= 0.3 is 0 Å². The van der Waals surface area contributed by atoms with Gasteiger partial charge in [-0.25, -0.2) is 4.39 Å². The third-order valence-corrected chi connectivity index (χ3v) is 5.39. The van der Waals surface area contributed by atoms with E-state index in [1.165, 1.54) is 12.1 Å². The maximum atomic E-state index is 13.2. The first-order valence-corrected chi connectivity index (χ1v) is 9.63. The molecule has 4 nitrogen and oxygen atoms in total. The van der Waals surface area contributed by atoms with Crippen molar-refractivity contribution in [2.75, 3.05) is 20.1 Å². The van der Waals surface area contributed by atoms with Crippen LogP contribution in [0.4, 0.5) is 4.39 Å². The number of amides is 2. The minimum absolute atomic E-state index is 0.0281. The van der Waals surface area contributed by atoms with Gasteiger partial charge in [-0.1, -0.05) is 32.9 Å². The van der Waals surface area contributed by atoms with E-state index in [-0.39, 0.29) is 29.6 Å². The molecule has 1 aromatic rings. The summed E-state index contributed by atoms with van der Waals surface area (Å²) < 4.78 is 13.2. The number of piperidine rings is 1. The monoisotopic (exact) mass is 362 g/mol. The fourth-order valence-electron chi connectivity index (χ4n) is 3.71. The van der Waals surface area contributed by atoms with Crippen LogP contribution in [-0.4, -0.2) is 41.8 Å². The third-order valence-electron chi connectivity index (χ3n) is 5.39. The van der Waals surface area contributed by atoms with E-state index in [1.54, 1.807) is 17.0 Å². The van der Waals surface area contributed by atoms with Gasteiger partial charge in [0.15, 0.2) is 0 Å². The van der Waals surface area contributed by atoms with E-state index in [1.807, 2.05) is 32.7 Å². The Kier molecular flexibility index (Phi) is 7.18. The van der Waals surface area contributed by atoms with Gasteiger partial charge in [-0.15, -0.1) is 0 Å². The van der Waals surface area contributed by atoms with Gasteiger partial charge in [-0.3, -0.25) is 9.59 Å². The summed E-state index contributed by atoms with van der Waals surface area (Å²) in [6.07, 6.45) is 3.06. The van der Waals surface area contributed by atoms with Crippen LogP contribution >= 0.6 is 0 Å². The first-order valence-electron chi connectivity index (χ1n) is 9.63. The fourth-order valence-corrected chi connectivity index (χ4v) is 3.71. The van der Waals surface area contributed by atoms with Crippen LogP contribution < -0.4 is 0 Å². The Morgan fingerprint density at radius 1 is 1.19 bits per heavy atom. The van der Waals surface area contributed by atoms with Gasteiger partial charge in [0.1, 0.15) is 5.82 Å². The average Bonchev–Trinajstić information content (AvgIpc) is 2.63. The van der Waals surface area contributed by atoms with Gasteiger partial charge in [0.2, 0.25) is 11.8 Å². The molecule has 1 aliphatic rings. The fraction of sp³-hybridized carbons (Fsp3) is 0.619. The lowest BCUT2D eigenvalue weighted by atomic mass is 9.92. The number of nitrogens with zero attached hydrogens (tertiary/aromatic N) is 2. The van der Waals surface area contributed by atoms with Crippen LogP contribution in [0, 0.1) is 17.7 Å². The Balaban J connectivity index is 1.90. The van der Waals surface area contributed by atoms with Crippen LogP contribution in [0.2, 0.25) is 0 Å². The lowest BCUT2D eigenvalue weighted by Crippen LogP contribution is -2.41. The van der Waals surface area contributed by atoms with E-state index in [0.717, 1.165) is 37.9 Å². The van der Waals surface area contributed by atoms with Crippen molar-refractivity contribution in [3.8, 4) is 0 Å². The lowest BCUT2D eigenvalue weighted by molar-refractivity contribution is -0.136.